The van der Waals surface area contributed by atoms with E-state index in [0.29, 0.717) is 12.3 Å². The molecule has 0 aromatic heterocycles. The minimum absolute atomic E-state index is 0.417. The Labute approximate surface area is 73.4 Å². The van der Waals surface area contributed by atoms with Gasteiger partial charge in [0.15, 0.2) is 0 Å². The summed E-state index contributed by atoms with van der Waals surface area (Å²) in [6, 6.07) is 9.34. The predicted octanol–water partition coefficient (Wildman–Crippen LogP) is 3.74. The van der Waals surface area contributed by atoms with Crippen molar-refractivity contribution in [1.82, 2.24) is 0 Å². The van der Waals surface area contributed by atoms with Crippen molar-refractivity contribution in [3.63, 3.8) is 0 Å². The van der Waals surface area contributed by atoms with Gasteiger partial charge < -0.3 is 0 Å². The van der Waals surface area contributed by atoms with Gasteiger partial charge in [-0.15, -0.1) is 0 Å². The van der Waals surface area contributed by atoms with Crippen molar-refractivity contribution in [1.29, 1.82) is 0 Å². The van der Waals surface area contributed by atoms with Crippen LogP contribution in [0.15, 0.2) is 30.3 Å². The van der Waals surface area contributed by atoms with Gasteiger partial charge in [0.1, 0.15) is 6.17 Å². The Balaban J connectivity index is 2.59. The van der Waals surface area contributed by atoms with E-state index in [0.717, 1.165) is 5.56 Å². The molecule has 1 aromatic rings. The SMILES string of the molecule is CC(C)CC(F)c1ccccc1. The molecule has 0 nitrogen and oxygen atoms in total. The Morgan fingerprint density at radius 2 is 1.75 bits per heavy atom. The van der Waals surface area contributed by atoms with Crippen LogP contribution in [-0.2, 0) is 0 Å². The zero-order chi connectivity index (χ0) is 8.97. The molecule has 1 aromatic carbocycles. The van der Waals surface area contributed by atoms with E-state index in [2.05, 4.69) is 0 Å². The van der Waals surface area contributed by atoms with Gasteiger partial charge in [0.05, 0.1) is 0 Å². The summed E-state index contributed by atoms with van der Waals surface area (Å²) in [6.45, 7) is 4.07. The van der Waals surface area contributed by atoms with Gasteiger partial charge in [0.25, 0.3) is 0 Å². The average molecular weight is 166 g/mol. The molecular weight excluding hydrogens is 151 g/mol. The van der Waals surface area contributed by atoms with Gasteiger partial charge in [-0.3, -0.25) is 0 Å². The van der Waals surface area contributed by atoms with Crippen LogP contribution < -0.4 is 0 Å². The molecule has 0 amide bonds. The highest BCUT2D eigenvalue weighted by atomic mass is 19.1. The quantitative estimate of drug-likeness (QED) is 0.641. The summed E-state index contributed by atoms with van der Waals surface area (Å²) in [5.41, 5.74) is 0.797. The number of hydrogen-bond acceptors (Lipinski definition) is 0. The largest absolute Gasteiger partial charge is 0.242 e. The summed E-state index contributed by atoms with van der Waals surface area (Å²) >= 11 is 0. The van der Waals surface area contributed by atoms with Crippen LogP contribution in [0.4, 0.5) is 4.39 Å². The average Bonchev–Trinajstić information content (AvgIpc) is 2.05. The van der Waals surface area contributed by atoms with Gasteiger partial charge >= 0.3 is 0 Å². The van der Waals surface area contributed by atoms with E-state index in [4.69, 9.17) is 0 Å². The number of halogens is 1. The molecule has 0 radical (unpaired) electrons. The lowest BCUT2D eigenvalue weighted by molar-refractivity contribution is 0.289. The second-order valence-corrected chi connectivity index (χ2v) is 3.51. The summed E-state index contributed by atoms with van der Waals surface area (Å²) < 4.78 is 13.4. The third-order valence-electron chi connectivity index (χ3n) is 1.84. The van der Waals surface area contributed by atoms with Crippen molar-refractivity contribution < 1.29 is 4.39 Å². The monoisotopic (exact) mass is 166 g/mol. The Kier molecular flexibility index (Phi) is 3.27. The molecule has 0 aliphatic rings. The molecule has 0 aliphatic heterocycles. The normalized spacial score (nSPS) is 13.3. The zero-order valence-electron chi connectivity index (χ0n) is 7.63. The van der Waals surface area contributed by atoms with Crippen molar-refractivity contribution in [2.75, 3.05) is 0 Å². The van der Waals surface area contributed by atoms with E-state index < -0.39 is 6.17 Å². The van der Waals surface area contributed by atoms with E-state index in [9.17, 15) is 4.39 Å². The first-order chi connectivity index (χ1) is 5.70. The minimum Gasteiger partial charge on any atom is -0.242 e. The molecule has 0 aliphatic carbocycles. The van der Waals surface area contributed by atoms with Gasteiger partial charge in [0.2, 0.25) is 0 Å². The molecule has 0 saturated carbocycles. The van der Waals surface area contributed by atoms with Crippen molar-refractivity contribution in [2.45, 2.75) is 26.4 Å². The zero-order valence-corrected chi connectivity index (χ0v) is 7.63. The number of hydrogen-bond donors (Lipinski definition) is 0. The number of benzene rings is 1. The van der Waals surface area contributed by atoms with Crippen LogP contribution >= 0.6 is 0 Å². The van der Waals surface area contributed by atoms with E-state index in [1.807, 2.05) is 44.2 Å². The second-order valence-electron chi connectivity index (χ2n) is 3.51. The van der Waals surface area contributed by atoms with Gasteiger partial charge in [0, 0.05) is 0 Å². The Morgan fingerprint density at radius 3 is 2.25 bits per heavy atom. The molecule has 0 saturated heterocycles. The van der Waals surface area contributed by atoms with Crippen molar-refractivity contribution in [3.05, 3.63) is 35.9 Å². The fourth-order valence-electron chi connectivity index (χ4n) is 1.21. The molecule has 12 heavy (non-hydrogen) atoms. The molecule has 1 atom stereocenters. The molecule has 0 bridgehead atoms. The first-order valence-corrected chi connectivity index (χ1v) is 4.39. The van der Waals surface area contributed by atoms with E-state index >= 15 is 0 Å². The van der Waals surface area contributed by atoms with Crippen molar-refractivity contribution >= 4 is 0 Å². The maximum Gasteiger partial charge on any atom is 0.125 e. The van der Waals surface area contributed by atoms with E-state index in [1.165, 1.54) is 0 Å². The minimum atomic E-state index is -0.800. The van der Waals surface area contributed by atoms with Crippen molar-refractivity contribution in [3.8, 4) is 0 Å². The summed E-state index contributed by atoms with van der Waals surface area (Å²) in [5, 5.41) is 0. The maximum atomic E-state index is 13.4. The smallest absolute Gasteiger partial charge is 0.125 e. The lowest BCUT2D eigenvalue weighted by Gasteiger charge is -2.10. The molecule has 0 heterocycles. The molecular formula is C11H15F. The van der Waals surface area contributed by atoms with Crippen LogP contribution in [0.25, 0.3) is 0 Å². The van der Waals surface area contributed by atoms with E-state index in [-0.39, 0.29) is 0 Å². The predicted molar refractivity (Wildman–Crippen MR) is 49.7 cm³/mol. The lowest BCUT2D eigenvalue weighted by atomic mass is 10.0. The summed E-state index contributed by atoms with van der Waals surface area (Å²) in [7, 11) is 0. The highest BCUT2D eigenvalue weighted by Gasteiger charge is 2.10. The highest BCUT2D eigenvalue weighted by Crippen LogP contribution is 2.24. The van der Waals surface area contributed by atoms with Gasteiger partial charge in [-0.25, -0.2) is 4.39 Å². The third-order valence-corrected chi connectivity index (χ3v) is 1.84. The Hall–Kier alpha value is -0.850. The van der Waals surface area contributed by atoms with Crippen LogP contribution in [0, 0.1) is 5.92 Å². The summed E-state index contributed by atoms with van der Waals surface area (Å²) in [6.07, 6.45) is -0.185. The molecule has 1 heteroatoms. The third kappa shape index (κ3) is 2.65. The van der Waals surface area contributed by atoms with Crippen LogP contribution in [0.2, 0.25) is 0 Å². The molecule has 1 rings (SSSR count). The second kappa shape index (κ2) is 4.24. The Morgan fingerprint density at radius 1 is 1.17 bits per heavy atom. The van der Waals surface area contributed by atoms with Gasteiger partial charge in [-0.1, -0.05) is 44.2 Å². The standard InChI is InChI=1S/C11H15F/c1-9(2)8-11(12)10-6-4-3-5-7-10/h3-7,9,11H,8H2,1-2H3. The fraction of sp³-hybridized carbons (Fsp3) is 0.455. The van der Waals surface area contributed by atoms with Gasteiger partial charge in [-0.05, 0) is 17.9 Å². The fourth-order valence-corrected chi connectivity index (χ4v) is 1.21. The van der Waals surface area contributed by atoms with Crippen LogP contribution in [0.3, 0.4) is 0 Å². The molecule has 0 spiro atoms. The molecule has 0 N–H and O–H groups in total. The molecule has 0 fully saturated rings. The summed E-state index contributed by atoms with van der Waals surface area (Å²) in [4.78, 5) is 0. The summed E-state index contributed by atoms with van der Waals surface area (Å²) in [5.74, 6) is 0.417. The first-order valence-electron chi connectivity index (χ1n) is 4.39. The van der Waals surface area contributed by atoms with E-state index in [1.54, 1.807) is 0 Å². The van der Waals surface area contributed by atoms with Crippen molar-refractivity contribution in [2.24, 2.45) is 5.92 Å². The maximum absolute atomic E-state index is 13.4. The molecule has 1 unspecified atom stereocenters. The first kappa shape index (κ1) is 9.24. The van der Waals surface area contributed by atoms with Crippen LogP contribution in [0.5, 0.6) is 0 Å². The molecule has 66 valence electrons. The Bertz CT molecular complexity index is 216. The number of rotatable bonds is 3. The lowest BCUT2D eigenvalue weighted by Crippen LogP contribution is -1.96. The van der Waals surface area contributed by atoms with Crippen LogP contribution in [0.1, 0.15) is 32.0 Å². The highest BCUT2D eigenvalue weighted by molar-refractivity contribution is 5.17. The topological polar surface area (TPSA) is 0 Å². The van der Waals surface area contributed by atoms with Crippen LogP contribution in [-0.4, -0.2) is 0 Å². The van der Waals surface area contributed by atoms with Gasteiger partial charge in [-0.2, -0.15) is 0 Å². The number of alkyl halides is 1.